The third-order valence-electron chi connectivity index (χ3n) is 6.13. The van der Waals surface area contributed by atoms with Gasteiger partial charge in [0.05, 0.1) is 0 Å². The minimum Gasteiger partial charge on any atom is -0.484 e. The standard InChI is InChI=1S/C25H30N2O3/c1-2-15-26(22-10-9-19-6-3-4-7-20(19)17-22)25(29)18-30-23-13-11-21(12-14-23)27-16-5-8-24(27)28/h3-4,6-7,11-14,22H,2,5,8-10,15-18H2,1H3. The van der Waals surface area contributed by atoms with E-state index >= 15 is 0 Å². The SMILES string of the molecule is CCCN(C(=O)COc1ccc(N2CCCC2=O)cc1)C1CCc2ccccc2C1. The second kappa shape index (κ2) is 9.33. The summed E-state index contributed by atoms with van der Waals surface area (Å²) in [7, 11) is 0. The number of carbonyl (C=O) groups is 2. The van der Waals surface area contributed by atoms with E-state index in [1.165, 1.54) is 11.1 Å². The number of carbonyl (C=O) groups excluding carboxylic acids is 2. The Morgan fingerprint density at radius 3 is 2.57 bits per heavy atom. The molecule has 2 aromatic carbocycles. The van der Waals surface area contributed by atoms with Gasteiger partial charge in [0.15, 0.2) is 6.61 Å². The number of aryl methyl sites for hydroxylation is 1. The van der Waals surface area contributed by atoms with Gasteiger partial charge in [0.1, 0.15) is 5.75 Å². The molecule has 1 aliphatic carbocycles. The van der Waals surface area contributed by atoms with Gasteiger partial charge in [-0.3, -0.25) is 9.59 Å². The maximum absolute atomic E-state index is 13.0. The molecule has 2 amide bonds. The topological polar surface area (TPSA) is 49.9 Å². The van der Waals surface area contributed by atoms with Gasteiger partial charge in [0.2, 0.25) is 5.91 Å². The first-order chi connectivity index (χ1) is 14.7. The summed E-state index contributed by atoms with van der Waals surface area (Å²) in [6, 6.07) is 16.3. The van der Waals surface area contributed by atoms with Crippen molar-refractivity contribution in [2.45, 2.75) is 51.5 Å². The van der Waals surface area contributed by atoms with E-state index in [0.717, 1.165) is 50.9 Å². The molecule has 0 spiro atoms. The lowest BCUT2D eigenvalue weighted by molar-refractivity contribution is -0.136. The molecule has 1 aliphatic heterocycles. The predicted octanol–water partition coefficient (Wildman–Crippen LogP) is 3.99. The van der Waals surface area contributed by atoms with Crippen molar-refractivity contribution < 1.29 is 14.3 Å². The zero-order valence-electron chi connectivity index (χ0n) is 17.7. The summed E-state index contributed by atoms with van der Waals surface area (Å²) in [6.07, 6.45) is 5.40. The van der Waals surface area contributed by atoms with Crippen molar-refractivity contribution in [1.29, 1.82) is 0 Å². The Bertz CT molecular complexity index is 894. The van der Waals surface area contributed by atoms with E-state index < -0.39 is 0 Å². The van der Waals surface area contributed by atoms with Gasteiger partial charge in [-0.15, -0.1) is 0 Å². The second-order valence-corrected chi connectivity index (χ2v) is 8.18. The highest BCUT2D eigenvalue weighted by Crippen LogP contribution is 2.26. The summed E-state index contributed by atoms with van der Waals surface area (Å²) in [5, 5.41) is 0. The van der Waals surface area contributed by atoms with Crippen molar-refractivity contribution in [3.05, 3.63) is 59.7 Å². The maximum Gasteiger partial charge on any atom is 0.260 e. The van der Waals surface area contributed by atoms with Gasteiger partial charge in [0, 0.05) is 31.2 Å². The first-order valence-electron chi connectivity index (χ1n) is 11.0. The molecular formula is C25H30N2O3. The molecule has 2 aromatic rings. The van der Waals surface area contributed by atoms with Gasteiger partial charge in [-0.05, 0) is 67.5 Å². The van der Waals surface area contributed by atoms with E-state index in [-0.39, 0.29) is 24.5 Å². The Kier molecular flexibility index (Phi) is 6.36. The molecule has 5 heteroatoms. The van der Waals surface area contributed by atoms with Crippen LogP contribution in [-0.4, -0.2) is 42.5 Å². The van der Waals surface area contributed by atoms with Crippen LogP contribution in [0, 0.1) is 0 Å². The molecule has 1 fully saturated rings. The first-order valence-corrected chi connectivity index (χ1v) is 11.0. The number of ether oxygens (including phenoxy) is 1. The van der Waals surface area contributed by atoms with Gasteiger partial charge >= 0.3 is 0 Å². The number of hydrogen-bond donors (Lipinski definition) is 0. The van der Waals surface area contributed by atoms with Crippen LogP contribution in [0.25, 0.3) is 0 Å². The number of amides is 2. The predicted molar refractivity (Wildman–Crippen MR) is 118 cm³/mol. The Hall–Kier alpha value is -2.82. The zero-order chi connectivity index (χ0) is 20.9. The van der Waals surface area contributed by atoms with Crippen LogP contribution >= 0.6 is 0 Å². The third-order valence-corrected chi connectivity index (χ3v) is 6.13. The average molecular weight is 407 g/mol. The summed E-state index contributed by atoms with van der Waals surface area (Å²) in [5.74, 6) is 0.868. The summed E-state index contributed by atoms with van der Waals surface area (Å²) in [5.41, 5.74) is 3.66. The molecular weight excluding hydrogens is 376 g/mol. The van der Waals surface area contributed by atoms with E-state index in [0.29, 0.717) is 12.2 Å². The van der Waals surface area contributed by atoms with E-state index in [2.05, 4.69) is 31.2 Å². The fourth-order valence-corrected chi connectivity index (χ4v) is 4.57. The Balaban J connectivity index is 1.36. The van der Waals surface area contributed by atoms with Crippen LogP contribution in [0.3, 0.4) is 0 Å². The molecule has 0 saturated carbocycles. The Morgan fingerprint density at radius 1 is 1.10 bits per heavy atom. The second-order valence-electron chi connectivity index (χ2n) is 8.18. The molecule has 1 unspecified atom stereocenters. The lowest BCUT2D eigenvalue weighted by Crippen LogP contribution is -2.45. The Morgan fingerprint density at radius 2 is 1.87 bits per heavy atom. The van der Waals surface area contributed by atoms with E-state index in [1.54, 1.807) is 4.90 Å². The van der Waals surface area contributed by atoms with Crippen LogP contribution in [0.2, 0.25) is 0 Å². The summed E-state index contributed by atoms with van der Waals surface area (Å²) < 4.78 is 5.81. The summed E-state index contributed by atoms with van der Waals surface area (Å²) in [6.45, 7) is 3.68. The molecule has 1 atom stereocenters. The summed E-state index contributed by atoms with van der Waals surface area (Å²) >= 11 is 0. The molecule has 158 valence electrons. The normalized spacial score (nSPS) is 18.2. The van der Waals surface area contributed by atoms with Crippen LogP contribution in [0.15, 0.2) is 48.5 Å². The average Bonchev–Trinajstić information content (AvgIpc) is 3.21. The van der Waals surface area contributed by atoms with Crippen LogP contribution in [0.5, 0.6) is 5.75 Å². The monoisotopic (exact) mass is 406 g/mol. The van der Waals surface area contributed by atoms with Gasteiger partial charge in [-0.2, -0.15) is 0 Å². The number of hydrogen-bond acceptors (Lipinski definition) is 3. The molecule has 0 radical (unpaired) electrons. The minimum absolute atomic E-state index is 0.0417. The molecule has 1 heterocycles. The molecule has 4 rings (SSSR count). The zero-order valence-corrected chi connectivity index (χ0v) is 17.7. The molecule has 0 aromatic heterocycles. The maximum atomic E-state index is 13.0. The van der Waals surface area contributed by atoms with Crippen molar-refractivity contribution in [1.82, 2.24) is 4.90 Å². The molecule has 0 N–H and O–H groups in total. The first kappa shape index (κ1) is 20.5. The van der Waals surface area contributed by atoms with Crippen LogP contribution in [0.1, 0.15) is 43.7 Å². The lowest BCUT2D eigenvalue weighted by Gasteiger charge is -2.35. The van der Waals surface area contributed by atoms with Crippen molar-refractivity contribution in [2.24, 2.45) is 0 Å². The Labute approximate surface area is 178 Å². The largest absolute Gasteiger partial charge is 0.484 e. The number of benzene rings is 2. The molecule has 1 saturated heterocycles. The van der Waals surface area contributed by atoms with Crippen LogP contribution in [-0.2, 0) is 22.4 Å². The van der Waals surface area contributed by atoms with Crippen molar-refractivity contribution in [3.63, 3.8) is 0 Å². The van der Waals surface area contributed by atoms with Gasteiger partial charge < -0.3 is 14.5 Å². The van der Waals surface area contributed by atoms with E-state index in [1.807, 2.05) is 29.2 Å². The highest BCUT2D eigenvalue weighted by Gasteiger charge is 2.27. The van der Waals surface area contributed by atoms with Crippen LogP contribution in [0.4, 0.5) is 5.69 Å². The highest BCUT2D eigenvalue weighted by molar-refractivity contribution is 5.95. The van der Waals surface area contributed by atoms with Gasteiger partial charge in [-0.25, -0.2) is 0 Å². The van der Waals surface area contributed by atoms with Gasteiger partial charge in [-0.1, -0.05) is 31.2 Å². The molecule has 30 heavy (non-hydrogen) atoms. The van der Waals surface area contributed by atoms with E-state index in [9.17, 15) is 9.59 Å². The molecule has 0 bridgehead atoms. The van der Waals surface area contributed by atoms with Crippen LogP contribution < -0.4 is 9.64 Å². The highest BCUT2D eigenvalue weighted by atomic mass is 16.5. The molecule has 2 aliphatic rings. The lowest BCUT2D eigenvalue weighted by atomic mass is 9.87. The summed E-state index contributed by atoms with van der Waals surface area (Å²) in [4.78, 5) is 28.7. The number of anilines is 1. The molecule has 5 nitrogen and oxygen atoms in total. The smallest absolute Gasteiger partial charge is 0.260 e. The quantitative estimate of drug-likeness (QED) is 0.699. The van der Waals surface area contributed by atoms with Crippen molar-refractivity contribution in [2.75, 3.05) is 24.6 Å². The van der Waals surface area contributed by atoms with Gasteiger partial charge in [0.25, 0.3) is 5.91 Å². The number of rotatable bonds is 7. The fourth-order valence-electron chi connectivity index (χ4n) is 4.57. The number of nitrogens with zero attached hydrogens (tertiary/aromatic N) is 2. The fraction of sp³-hybridized carbons (Fsp3) is 0.440. The minimum atomic E-state index is 0.0417. The van der Waals surface area contributed by atoms with Crippen molar-refractivity contribution >= 4 is 17.5 Å². The van der Waals surface area contributed by atoms with E-state index in [4.69, 9.17) is 4.74 Å². The third kappa shape index (κ3) is 4.50. The number of fused-ring (bicyclic) bond motifs is 1. The van der Waals surface area contributed by atoms with Crippen molar-refractivity contribution in [3.8, 4) is 5.75 Å².